The molecule has 0 aliphatic rings. The smallest absolute Gasteiger partial charge is 0.260 e. The second-order valence-corrected chi connectivity index (χ2v) is 4.36. The topological polar surface area (TPSA) is 64.9 Å². The first-order chi connectivity index (χ1) is 8.11. The van der Waals surface area contributed by atoms with Crippen molar-refractivity contribution >= 4 is 5.69 Å². The van der Waals surface area contributed by atoms with Gasteiger partial charge < -0.3 is 10.3 Å². The van der Waals surface area contributed by atoms with Gasteiger partial charge in [-0.15, -0.1) is 0 Å². The van der Waals surface area contributed by atoms with Crippen molar-refractivity contribution in [2.75, 3.05) is 5.73 Å². The summed E-state index contributed by atoms with van der Waals surface area (Å²) in [6.45, 7) is 6.19. The number of rotatable bonds is 3. The highest BCUT2D eigenvalue weighted by molar-refractivity contribution is 5.70. The van der Waals surface area contributed by atoms with Crippen LogP contribution in [0, 0.1) is 6.92 Å². The van der Waals surface area contributed by atoms with Crippen LogP contribution in [0.2, 0.25) is 0 Å². The third-order valence-electron chi connectivity index (χ3n) is 2.93. The van der Waals surface area contributed by atoms with Gasteiger partial charge >= 0.3 is 0 Å². The molecule has 0 spiro atoms. The average Bonchev–Trinajstić information content (AvgIpc) is 2.80. The highest BCUT2D eigenvalue weighted by Gasteiger charge is 2.15. The van der Waals surface area contributed by atoms with Crippen LogP contribution in [0.5, 0.6) is 0 Å². The molecule has 0 saturated heterocycles. The van der Waals surface area contributed by atoms with E-state index < -0.39 is 0 Å². The first kappa shape index (κ1) is 11.6. The van der Waals surface area contributed by atoms with Gasteiger partial charge in [-0.25, -0.2) is 0 Å². The van der Waals surface area contributed by atoms with Crippen molar-refractivity contribution in [3.05, 3.63) is 29.6 Å². The molecular weight excluding hydrogens is 214 g/mol. The van der Waals surface area contributed by atoms with Crippen LogP contribution in [0.15, 0.2) is 22.7 Å². The third kappa shape index (κ3) is 2.30. The molecule has 1 atom stereocenters. The predicted molar refractivity (Wildman–Crippen MR) is 67.6 cm³/mol. The van der Waals surface area contributed by atoms with Gasteiger partial charge in [-0.2, -0.15) is 4.98 Å². The van der Waals surface area contributed by atoms with Crippen molar-refractivity contribution in [2.45, 2.75) is 33.1 Å². The minimum atomic E-state index is 0.304. The van der Waals surface area contributed by atoms with Crippen LogP contribution in [0.4, 0.5) is 5.69 Å². The molecule has 1 aromatic carbocycles. The number of hydrogen-bond donors (Lipinski definition) is 1. The standard InChI is InChI=1S/C13H17N3O/c1-4-9(3)12-15-13(17-16-12)10-7-8(2)5-6-11(10)14/h5-7,9H,4,14H2,1-3H3. The minimum Gasteiger partial charge on any atom is -0.398 e. The van der Waals surface area contributed by atoms with Crippen molar-refractivity contribution in [1.82, 2.24) is 10.1 Å². The SMILES string of the molecule is CCC(C)c1noc(-c2cc(C)ccc2N)n1. The molecule has 0 bridgehead atoms. The van der Waals surface area contributed by atoms with Crippen LogP contribution < -0.4 is 5.73 Å². The Hall–Kier alpha value is -1.84. The zero-order valence-corrected chi connectivity index (χ0v) is 10.4. The maximum Gasteiger partial charge on any atom is 0.260 e. The summed E-state index contributed by atoms with van der Waals surface area (Å²) >= 11 is 0. The van der Waals surface area contributed by atoms with E-state index in [1.54, 1.807) is 0 Å². The Morgan fingerprint density at radius 2 is 2.18 bits per heavy atom. The summed E-state index contributed by atoms with van der Waals surface area (Å²) in [5, 5.41) is 3.99. The van der Waals surface area contributed by atoms with Gasteiger partial charge in [-0.05, 0) is 25.5 Å². The van der Waals surface area contributed by atoms with Crippen LogP contribution >= 0.6 is 0 Å². The van der Waals surface area contributed by atoms with Gasteiger partial charge in [-0.1, -0.05) is 30.6 Å². The third-order valence-corrected chi connectivity index (χ3v) is 2.93. The maximum atomic E-state index is 5.91. The summed E-state index contributed by atoms with van der Waals surface area (Å²) in [5.74, 6) is 1.54. The summed E-state index contributed by atoms with van der Waals surface area (Å²) in [6.07, 6.45) is 0.988. The van der Waals surface area contributed by atoms with E-state index >= 15 is 0 Å². The van der Waals surface area contributed by atoms with E-state index in [9.17, 15) is 0 Å². The Morgan fingerprint density at radius 3 is 2.88 bits per heavy atom. The zero-order valence-electron chi connectivity index (χ0n) is 10.4. The molecule has 1 aromatic heterocycles. The van der Waals surface area contributed by atoms with E-state index in [-0.39, 0.29) is 0 Å². The van der Waals surface area contributed by atoms with Gasteiger partial charge in [0.25, 0.3) is 5.89 Å². The highest BCUT2D eigenvalue weighted by Crippen LogP contribution is 2.27. The summed E-state index contributed by atoms with van der Waals surface area (Å²) in [7, 11) is 0. The number of benzene rings is 1. The molecule has 0 radical (unpaired) electrons. The quantitative estimate of drug-likeness (QED) is 0.824. The largest absolute Gasteiger partial charge is 0.398 e. The van der Waals surface area contributed by atoms with Gasteiger partial charge in [0.2, 0.25) is 0 Å². The fraction of sp³-hybridized carbons (Fsp3) is 0.385. The molecule has 0 amide bonds. The highest BCUT2D eigenvalue weighted by atomic mass is 16.5. The molecule has 2 aromatic rings. The lowest BCUT2D eigenvalue weighted by atomic mass is 10.1. The Kier molecular flexibility index (Phi) is 3.13. The van der Waals surface area contributed by atoms with Crippen LogP contribution in [0.25, 0.3) is 11.5 Å². The van der Waals surface area contributed by atoms with E-state index in [0.29, 0.717) is 17.5 Å². The number of nitrogen functional groups attached to an aromatic ring is 1. The Bertz CT molecular complexity index is 519. The van der Waals surface area contributed by atoms with E-state index in [1.807, 2.05) is 25.1 Å². The molecule has 1 heterocycles. The maximum absolute atomic E-state index is 5.91. The van der Waals surface area contributed by atoms with Crippen molar-refractivity contribution in [3.8, 4) is 11.5 Å². The number of hydrogen-bond acceptors (Lipinski definition) is 4. The second-order valence-electron chi connectivity index (χ2n) is 4.36. The van der Waals surface area contributed by atoms with Gasteiger partial charge in [0.15, 0.2) is 5.82 Å². The predicted octanol–water partition coefficient (Wildman–Crippen LogP) is 3.14. The summed E-state index contributed by atoms with van der Waals surface area (Å²) in [4.78, 5) is 4.40. The van der Waals surface area contributed by atoms with E-state index in [0.717, 1.165) is 23.4 Å². The first-order valence-corrected chi connectivity index (χ1v) is 5.82. The van der Waals surface area contributed by atoms with Crippen molar-refractivity contribution in [2.24, 2.45) is 0 Å². The van der Waals surface area contributed by atoms with E-state index in [2.05, 4.69) is 24.0 Å². The monoisotopic (exact) mass is 231 g/mol. The van der Waals surface area contributed by atoms with E-state index in [4.69, 9.17) is 10.3 Å². The molecule has 0 aliphatic carbocycles. The fourth-order valence-corrected chi connectivity index (χ4v) is 1.58. The average molecular weight is 231 g/mol. The van der Waals surface area contributed by atoms with Gasteiger partial charge in [0, 0.05) is 11.6 Å². The second kappa shape index (κ2) is 4.57. The van der Waals surface area contributed by atoms with Crippen molar-refractivity contribution in [1.29, 1.82) is 0 Å². The van der Waals surface area contributed by atoms with Gasteiger partial charge in [0.05, 0.1) is 5.56 Å². The normalized spacial score (nSPS) is 12.6. The lowest BCUT2D eigenvalue weighted by Gasteiger charge is -2.02. The Morgan fingerprint density at radius 1 is 1.41 bits per heavy atom. The number of anilines is 1. The van der Waals surface area contributed by atoms with Crippen LogP contribution in [-0.4, -0.2) is 10.1 Å². The van der Waals surface area contributed by atoms with Crippen LogP contribution in [-0.2, 0) is 0 Å². The molecule has 2 N–H and O–H groups in total. The molecule has 0 fully saturated rings. The number of nitrogens with zero attached hydrogens (tertiary/aromatic N) is 2. The first-order valence-electron chi connectivity index (χ1n) is 5.82. The number of aryl methyl sites for hydroxylation is 1. The summed E-state index contributed by atoms with van der Waals surface area (Å²) in [6, 6.07) is 5.78. The number of aromatic nitrogens is 2. The summed E-state index contributed by atoms with van der Waals surface area (Å²) in [5.41, 5.74) is 8.51. The lowest BCUT2D eigenvalue weighted by Crippen LogP contribution is -1.94. The van der Waals surface area contributed by atoms with Crippen molar-refractivity contribution in [3.63, 3.8) is 0 Å². The van der Waals surface area contributed by atoms with Crippen LogP contribution in [0.3, 0.4) is 0 Å². The molecule has 90 valence electrons. The molecule has 0 aliphatic heterocycles. The van der Waals surface area contributed by atoms with Crippen molar-refractivity contribution < 1.29 is 4.52 Å². The van der Waals surface area contributed by atoms with Crippen LogP contribution in [0.1, 0.15) is 37.6 Å². The fourth-order valence-electron chi connectivity index (χ4n) is 1.58. The van der Waals surface area contributed by atoms with Gasteiger partial charge in [0.1, 0.15) is 0 Å². The molecule has 4 heteroatoms. The molecule has 17 heavy (non-hydrogen) atoms. The van der Waals surface area contributed by atoms with E-state index in [1.165, 1.54) is 0 Å². The minimum absolute atomic E-state index is 0.304. The molecule has 2 rings (SSSR count). The molecule has 0 saturated carbocycles. The molecule has 1 unspecified atom stereocenters. The Labute approximate surface area is 101 Å². The summed E-state index contributed by atoms with van der Waals surface area (Å²) < 4.78 is 5.27. The zero-order chi connectivity index (χ0) is 12.4. The molecule has 4 nitrogen and oxygen atoms in total. The lowest BCUT2D eigenvalue weighted by molar-refractivity contribution is 0.416. The molecular formula is C13H17N3O. The van der Waals surface area contributed by atoms with Gasteiger partial charge in [-0.3, -0.25) is 0 Å². The number of nitrogens with two attached hydrogens (primary N) is 1. The Balaban J connectivity index is 2.40.